The van der Waals surface area contributed by atoms with Gasteiger partial charge in [0.15, 0.2) is 0 Å². The quantitative estimate of drug-likeness (QED) is 0.939. The van der Waals surface area contributed by atoms with Gasteiger partial charge in [0.25, 0.3) is 5.91 Å². The minimum absolute atomic E-state index is 0.00673. The van der Waals surface area contributed by atoms with Gasteiger partial charge in [-0.1, -0.05) is 49.4 Å². The molecule has 1 fully saturated rings. The van der Waals surface area contributed by atoms with Crippen molar-refractivity contribution >= 4 is 5.91 Å². The van der Waals surface area contributed by atoms with Gasteiger partial charge in [0, 0.05) is 5.56 Å². The van der Waals surface area contributed by atoms with Crippen LogP contribution in [0.4, 0.5) is 0 Å². The lowest BCUT2D eigenvalue weighted by molar-refractivity contribution is -0.0826. The molecule has 3 heteroatoms. The Morgan fingerprint density at radius 1 is 1.05 bits per heavy atom. The molecule has 0 saturated carbocycles. The van der Waals surface area contributed by atoms with Crippen LogP contribution >= 0.6 is 0 Å². The fourth-order valence-electron chi connectivity index (χ4n) is 2.65. The number of aliphatic hydroxyl groups is 1. The average Bonchev–Trinajstić information content (AvgIpc) is 2.52. The van der Waals surface area contributed by atoms with Crippen LogP contribution in [0.25, 0.3) is 11.1 Å². The first-order valence-electron chi connectivity index (χ1n) is 7.28. The zero-order chi connectivity index (χ0) is 14.9. The molecule has 1 heterocycles. The van der Waals surface area contributed by atoms with Crippen LogP contribution < -0.4 is 0 Å². The van der Waals surface area contributed by atoms with Crippen molar-refractivity contribution in [3.8, 4) is 11.1 Å². The van der Waals surface area contributed by atoms with Gasteiger partial charge in [-0.25, -0.2) is 0 Å². The van der Waals surface area contributed by atoms with E-state index in [4.69, 9.17) is 0 Å². The van der Waals surface area contributed by atoms with Crippen molar-refractivity contribution in [2.24, 2.45) is 0 Å². The van der Waals surface area contributed by atoms with E-state index in [1.54, 1.807) is 4.90 Å². The summed E-state index contributed by atoms with van der Waals surface area (Å²) in [4.78, 5) is 14.0. The molecule has 0 unspecified atom stereocenters. The maximum absolute atomic E-state index is 12.3. The molecular formula is C18H19NO2. The number of hydrogen-bond donors (Lipinski definition) is 1. The Kier molecular flexibility index (Phi) is 3.52. The van der Waals surface area contributed by atoms with Crippen molar-refractivity contribution in [3.63, 3.8) is 0 Å². The summed E-state index contributed by atoms with van der Waals surface area (Å²) >= 11 is 0. The number of β-amino-alcohol motifs (C(OH)–C–C–N with tert-alkyl or cyclic N) is 1. The highest BCUT2D eigenvalue weighted by atomic mass is 16.3. The molecule has 1 N–H and O–H groups in total. The summed E-state index contributed by atoms with van der Waals surface area (Å²) in [5.74, 6) is -0.00673. The van der Waals surface area contributed by atoms with Crippen molar-refractivity contribution in [3.05, 3.63) is 60.2 Å². The van der Waals surface area contributed by atoms with Crippen LogP contribution in [0.1, 0.15) is 23.7 Å². The zero-order valence-corrected chi connectivity index (χ0v) is 12.1. The molecular weight excluding hydrogens is 262 g/mol. The first-order chi connectivity index (χ1) is 10.1. The third kappa shape index (κ3) is 2.69. The Hall–Kier alpha value is -2.13. The molecule has 0 aliphatic carbocycles. The van der Waals surface area contributed by atoms with E-state index in [-0.39, 0.29) is 5.91 Å². The SMILES string of the molecule is CCC1(O)CN(C(=O)c2ccc(-c3ccccc3)cc2)C1. The first-order valence-corrected chi connectivity index (χ1v) is 7.28. The molecule has 3 rings (SSSR count). The lowest BCUT2D eigenvalue weighted by Crippen LogP contribution is -2.63. The molecule has 0 bridgehead atoms. The number of hydrogen-bond acceptors (Lipinski definition) is 2. The van der Waals surface area contributed by atoms with Gasteiger partial charge in [0.2, 0.25) is 0 Å². The van der Waals surface area contributed by atoms with Gasteiger partial charge in [-0.15, -0.1) is 0 Å². The second-order valence-electron chi connectivity index (χ2n) is 5.68. The number of carbonyl (C=O) groups is 1. The molecule has 1 aliphatic heterocycles. The van der Waals surface area contributed by atoms with Crippen molar-refractivity contribution in [2.75, 3.05) is 13.1 Å². The van der Waals surface area contributed by atoms with E-state index in [1.165, 1.54) is 0 Å². The molecule has 0 atom stereocenters. The van der Waals surface area contributed by atoms with Gasteiger partial charge < -0.3 is 10.0 Å². The van der Waals surface area contributed by atoms with Crippen LogP contribution in [0, 0.1) is 0 Å². The summed E-state index contributed by atoms with van der Waals surface area (Å²) in [5.41, 5.74) is 2.23. The second kappa shape index (κ2) is 5.34. The summed E-state index contributed by atoms with van der Waals surface area (Å²) in [6.07, 6.45) is 0.684. The van der Waals surface area contributed by atoms with Crippen LogP contribution in [0.2, 0.25) is 0 Å². The van der Waals surface area contributed by atoms with Crippen LogP contribution in [0.5, 0.6) is 0 Å². The second-order valence-corrected chi connectivity index (χ2v) is 5.68. The first kappa shape index (κ1) is 13.8. The molecule has 2 aromatic carbocycles. The molecule has 3 nitrogen and oxygen atoms in total. The number of nitrogens with zero attached hydrogens (tertiary/aromatic N) is 1. The van der Waals surface area contributed by atoms with Crippen LogP contribution in [0.3, 0.4) is 0 Å². The summed E-state index contributed by atoms with van der Waals surface area (Å²) in [7, 11) is 0. The van der Waals surface area contributed by atoms with Crippen molar-refractivity contribution in [1.29, 1.82) is 0 Å². The zero-order valence-electron chi connectivity index (χ0n) is 12.1. The third-order valence-corrected chi connectivity index (χ3v) is 4.15. The molecule has 0 radical (unpaired) electrons. The molecule has 1 amide bonds. The van der Waals surface area contributed by atoms with E-state index in [0.29, 0.717) is 25.1 Å². The Morgan fingerprint density at radius 3 is 2.19 bits per heavy atom. The summed E-state index contributed by atoms with van der Waals surface area (Å²) in [5, 5.41) is 9.98. The van der Waals surface area contributed by atoms with Gasteiger partial charge >= 0.3 is 0 Å². The standard InChI is InChI=1S/C18H19NO2/c1-2-18(21)12-19(13-18)17(20)16-10-8-15(9-11-16)14-6-4-3-5-7-14/h3-11,21H,2,12-13H2,1H3. The van der Waals surface area contributed by atoms with Gasteiger partial charge in [-0.3, -0.25) is 4.79 Å². The Morgan fingerprint density at radius 2 is 1.62 bits per heavy atom. The molecule has 0 spiro atoms. The van der Waals surface area contributed by atoms with E-state index < -0.39 is 5.60 Å². The van der Waals surface area contributed by atoms with E-state index in [2.05, 4.69) is 0 Å². The third-order valence-electron chi connectivity index (χ3n) is 4.15. The van der Waals surface area contributed by atoms with Gasteiger partial charge in [0.05, 0.1) is 18.7 Å². The summed E-state index contributed by atoms with van der Waals surface area (Å²) < 4.78 is 0. The Bertz CT molecular complexity index is 628. The minimum atomic E-state index is -0.681. The number of carbonyl (C=O) groups excluding carboxylic acids is 1. The van der Waals surface area contributed by atoms with E-state index in [9.17, 15) is 9.90 Å². The van der Waals surface area contributed by atoms with Gasteiger partial charge in [-0.2, -0.15) is 0 Å². The lowest BCUT2D eigenvalue weighted by atomic mass is 9.90. The molecule has 1 aliphatic rings. The fraction of sp³-hybridized carbons (Fsp3) is 0.278. The molecule has 21 heavy (non-hydrogen) atoms. The van der Waals surface area contributed by atoms with E-state index in [1.807, 2.05) is 61.5 Å². The van der Waals surface area contributed by atoms with Crippen LogP contribution in [-0.2, 0) is 0 Å². The maximum atomic E-state index is 12.3. The van der Waals surface area contributed by atoms with Crippen LogP contribution in [0.15, 0.2) is 54.6 Å². The Labute approximate surface area is 124 Å². The minimum Gasteiger partial charge on any atom is -0.386 e. The predicted molar refractivity (Wildman–Crippen MR) is 83.0 cm³/mol. The highest BCUT2D eigenvalue weighted by molar-refractivity contribution is 5.95. The van der Waals surface area contributed by atoms with Crippen molar-refractivity contribution < 1.29 is 9.90 Å². The molecule has 2 aromatic rings. The van der Waals surface area contributed by atoms with Crippen molar-refractivity contribution in [2.45, 2.75) is 18.9 Å². The predicted octanol–water partition coefficient (Wildman–Crippen LogP) is 2.95. The topological polar surface area (TPSA) is 40.5 Å². The number of likely N-dealkylation sites (tertiary alicyclic amines) is 1. The molecule has 1 saturated heterocycles. The largest absolute Gasteiger partial charge is 0.386 e. The Balaban J connectivity index is 1.72. The van der Waals surface area contributed by atoms with E-state index in [0.717, 1.165) is 11.1 Å². The summed E-state index contributed by atoms with van der Waals surface area (Å²) in [6.45, 7) is 2.81. The van der Waals surface area contributed by atoms with Gasteiger partial charge in [0.1, 0.15) is 0 Å². The maximum Gasteiger partial charge on any atom is 0.254 e. The normalized spacial score (nSPS) is 16.4. The monoisotopic (exact) mass is 281 g/mol. The molecule has 108 valence electrons. The van der Waals surface area contributed by atoms with Crippen LogP contribution in [-0.4, -0.2) is 34.6 Å². The number of amides is 1. The van der Waals surface area contributed by atoms with E-state index >= 15 is 0 Å². The fourth-order valence-corrected chi connectivity index (χ4v) is 2.65. The highest BCUT2D eigenvalue weighted by Gasteiger charge is 2.42. The smallest absolute Gasteiger partial charge is 0.254 e. The summed E-state index contributed by atoms with van der Waals surface area (Å²) in [6, 6.07) is 17.7. The average molecular weight is 281 g/mol. The highest BCUT2D eigenvalue weighted by Crippen LogP contribution is 2.26. The number of benzene rings is 2. The number of rotatable bonds is 3. The molecule has 0 aromatic heterocycles. The van der Waals surface area contributed by atoms with Gasteiger partial charge in [-0.05, 0) is 29.7 Å². The van der Waals surface area contributed by atoms with Crippen molar-refractivity contribution in [1.82, 2.24) is 4.90 Å². The lowest BCUT2D eigenvalue weighted by Gasteiger charge is -2.46.